The Morgan fingerprint density at radius 2 is 1.95 bits per heavy atom. The second kappa shape index (κ2) is 6.01. The first-order valence-corrected chi connectivity index (χ1v) is 8.30. The first kappa shape index (κ1) is 15.1. The molecule has 0 bridgehead atoms. The van der Waals surface area contributed by atoms with Crippen LogP contribution in [-0.2, 0) is 10.0 Å². The van der Waals surface area contributed by atoms with Crippen molar-refractivity contribution in [2.45, 2.75) is 30.6 Å². The van der Waals surface area contributed by atoms with E-state index in [0.717, 1.165) is 4.31 Å². The number of anilines is 1. The van der Waals surface area contributed by atoms with Crippen molar-refractivity contribution in [3.8, 4) is 5.75 Å². The molecule has 5 nitrogen and oxygen atoms in total. The van der Waals surface area contributed by atoms with Crippen LogP contribution in [0.3, 0.4) is 0 Å². The Morgan fingerprint density at radius 1 is 1.30 bits per heavy atom. The molecule has 0 saturated heterocycles. The molecule has 0 unspecified atom stereocenters. The maximum absolute atomic E-state index is 12.2. The Kier molecular flexibility index (Phi) is 4.55. The third-order valence-corrected chi connectivity index (χ3v) is 5.61. The molecule has 1 aliphatic carbocycles. The van der Waals surface area contributed by atoms with Crippen LogP contribution in [0.4, 0.5) is 5.69 Å². The van der Waals surface area contributed by atoms with E-state index in [2.05, 4.69) is 0 Å². The van der Waals surface area contributed by atoms with Gasteiger partial charge in [0.1, 0.15) is 10.6 Å². The summed E-state index contributed by atoms with van der Waals surface area (Å²) in [5.74, 6) is 1.02. The lowest BCUT2D eigenvalue weighted by Gasteiger charge is -2.17. The molecule has 0 aromatic heterocycles. The highest BCUT2D eigenvalue weighted by Gasteiger charge is 2.23. The summed E-state index contributed by atoms with van der Waals surface area (Å²) in [6.45, 7) is 0.607. The van der Waals surface area contributed by atoms with Gasteiger partial charge in [0.05, 0.1) is 12.3 Å². The summed E-state index contributed by atoms with van der Waals surface area (Å²) in [7, 11) is -0.565. The predicted molar refractivity (Wildman–Crippen MR) is 79.2 cm³/mol. The predicted octanol–water partition coefficient (Wildman–Crippen LogP) is 2.09. The van der Waals surface area contributed by atoms with E-state index in [4.69, 9.17) is 10.5 Å². The van der Waals surface area contributed by atoms with E-state index in [0.29, 0.717) is 18.3 Å². The minimum atomic E-state index is -3.54. The quantitative estimate of drug-likeness (QED) is 0.845. The summed E-state index contributed by atoms with van der Waals surface area (Å²) in [6, 6.07) is 4.89. The van der Waals surface area contributed by atoms with Crippen LogP contribution in [0.1, 0.15) is 25.7 Å². The standard InChI is InChI=1S/C14H22N2O3S/c1-16(2)20(17,18)13-9-5-8-12(14(13)15)19-10-11-6-3-4-7-11/h5,8-9,11H,3-4,6-7,10,15H2,1-2H3. The van der Waals surface area contributed by atoms with Gasteiger partial charge in [-0.15, -0.1) is 0 Å². The molecule has 112 valence electrons. The van der Waals surface area contributed by atoms with Gasteiger partial charge in [-0.25, -0.2) is 12.7 Å². The number of rotatable bonds is 5. The third kappa shape index (κ3) is 3.07. The van der Waals surface area contributed by atoms with E-state index in [1.807, 2.05) is 0 Å². The van der Waals surface area contributed by atoms with Gasteiger partial charge >= 0.3 is 0 Å². The lowest BCUT2D eigenvalue weighted by Crippen LogP contribution is -2.23. The van der Waals surface area contributed by atoms with Crippen molar-refractivity contribution in [1.82, 2.24) is 4.31 Å². The maximum Gasteiger partial charge on any atom is 0.244 e. The van der Waals surface area contributed by atoms with Crippen LogP contribution in [0.15, 0.2) is 23.1 Å². The van der Waals surface area contributed by atoms with Crippen LogP contribution in [-0.4, -0.2) is 33.4 Å². The van der Waals surface area contributed by atoms with Crippen LogP contribution >= 0.6 is 0 Å². The average Bonchev–Trinajstić information content (AvgIpc) is 2.90. The Labute approximate surface area is 120 Å². The summed E-state index contributed by atoms with van der Waals surface area (Å²) in [6.07, 6.45) is 4.85. The number of hydrogen-bond donors (Lipinski definition) is 1. The van der Waals surface area contributed by atoms with Crippen LogP contribution in [0.25, 0.3) is 0 Å². The Bertz CT molecular complexity index is 564. The topological polar surface area (TPSA) is 72.6 Å². The van der Waals surface area contributed by atoms with Gasteiger partial charge in [-0.1, -0.05) is 18.9 Å². The lowest BCUT2D eigenvalue weighted by molar-refractivity contribution is 0.253. The number of hydrogen-bond acceptors (Lipinski definition) is 4. The van der Waals surface area contributed by atoms with E-state index in [1.165, 1.54) is 45.8 Å². The highest BCUT2D eigenvalue weighted by atomic mass is 32.2. The zero-order valence-corrected chi connectivity index (χ0v) is 12.8. The molecule has 0 heterocycles. The number of nitrogen functional groups attached to an aromatic ring is 1. The van der Waals surface area contributed by atoms with Gasteiger partial charge in [0, 0.05) is 14.1 Å². The summed E-state index contributed by atoms with van der Waals surface area (Å²) in [4.78, 5) is 0.103. The molecule has 0 radical (unpaired) electrons. The van der Waals surface area contributed by atoms with Crippen molar-refractivity contribution in [1.29, 1.82) is 0 Å². The molecule has 2 rings (SSSR count). The molecule has 1 aliphatic rings. The molecular formula is C14H22N2O3S. The van der Waals surface area contributed by atoms with Crippen molar-refractivity contribution < 1.29 is 13.2 Å². The summed E-state index contributed by atoms with van der Waals surface area (Å²) in [5.41, 5.74) is 6.15. The largest absolute Gasteiger partial charge is 0.491 e. The second-order valence-corrected chi connectivity index (χ2v) is 7.54. The van der Waals surface area contributed by atoms with Gasteiger partial charge in [-0.3, -0.25) is 0 Å². The fourth-order valence-electron chi connectivity index (χ4n) is 2.46. The maximum atomic E-state index is 12.2. The molecule has 2 N–H and O–H groups in total. The molecule has 0 atom stereocenters. The SMILES string of the molecule is CN(C)S(=O)(=O)c1cccc(OCC2CCCC2)c1N. The van der Waals surface area contributed by atoms with Crippen LogP contribution in [0.2, 0.25) is 0 Å². The van der Waals surface area contributed by atoms with Gasteiger partial charge < -0.3 is 10.5 Å². The van der Waals surface area contributed by atoms with Gasteiger partial charge in [-0.05, 0) is 30.9 Å². The molecule has 0 amide bonds. The van der Waals surface area contributed by atoms with Gasteiger partial charge in [0.2, 0.25) is 10.0 Å². The lowest BCUT2D eigenvalue weighted by atomic mass is 10.1. The average molecular weight is 298 g/mol. The Hall–Kier alpha value is -1.27. The van der Waals surface area contributed by atoms with Crippen LogP contribution < -0.4 is 10.5 Å². The van der Waals surface area contributed by atoms with E-state index >= 15 is 0 Å². The third-order valence-electron chi connectivity index (χ3n) is 3.73. The molecule has 0 aliphatic heterocycles. The fraction of sp³-hybridized carbons (Fsp3) is 0.571. The minimum Gasteiger partial charge on any atom is -0.491 e. The highest BCUT2D eigenvalue weighted by Crippen LogP contribution is 2.32. The van der Waals surface area contributed by atoms with E-state index < -0.39 is 10.0 Å². The molecule has 0 spiro atoms. The zero-order valence-electron chi connectivity index (χ0n) is 12.0. The number of sulfonamides is 1. The van der Waals surface area contributed by atoms with Crippen LogP contribution in [0.5, 0.6) is 5.75 Å². The van der Waals surface area contributed by atoms with Crippen molar-refractivity contribution >= 4 is 15.7 Å². The first-order chi connectivity index (χ1) is 9.43. The molecular weight excluding hydrogens is 276 g/mol. The van der Waals surface area contributed by atoms with Crippen molar-refractivity contribution in [3.05, 3.63) is 18.2 Å². The van der Waals surface area contributed by atoms with Gasteiger partial charge in [0.15, 0.2) is 0 Å². The van der Waals surface area contributed by atoms with E-state index in [1.54, 1.807) is 12.1 Å². The smallest absolute Gasteiger partial charge is 0.244 e. The molecule has 20 heavy (non-hydrogen) atoms. The number of benzene rings is 1. The number of ether oxygens (including phenoxy) is 1. The van der Waals surface area contributed by atoms with Crippen LogP contribution in [0, 0.1) is 5.92 Å². The molecule has 1 aromatic carbocycles. The first-order valence-electron chi connectivity index (χ1n) is 6.86. The monoisotopic (exact) mass is 298 g/mol. The van der Waals surface area contributed by atoms with Crippen molar-refractivity contribution in [2.75, 3.05) is 26.4 Å². The summed E-state index contributed by atoms with van der Waals surface area (Å²) < 4.78 is 31.2. The molecule has 6 heteroatoms. The summed E-state index contributed by atoms with van der Waals surface area (Å²) in [5, 5.41) is 0. The minimum absolute atomic E-state index is 0.103. The normalized spacial score (nSPS) is 16.8. The van der Waals surface area contributed by atoms with Crippen molar-refractivity contribution in [2.24, 2.45) is 5.92 Å². The molecule has 1 aromatic rings. The van der Waals surface area contributed by atoms with Gasteiger partial charge in [-0.2, -0.15) is 0 Å². The van der Waals surface area contributed by atoms with Crippen molar-refractivity contribution in [3.63, 3.8) is 0 Å². The summed E-state index contributed by atoms with van der Waals surface area (Å²) >= 11 is 0. The van der Waals surface area contributed by atoms with Gasteiger partial charge in [0.25, 0.3) is 0 Å². The Balaban J connectivity index is 2.19. The number of nitrogens with zero attached hydrogens (tertiary/aromatic N) is 1. The fourth-order valence-corrected chi connectivity index (χ4v) is 3.48. The number of nitrogens with two attached hydrogens (primary N) is 1. The van der Waals surface area contributed by atoms with E-state index in [-0.39, 0.29) is 10.6 Å². The molecule has 1 saturated carbocycles. The number of para-hydroxylation sites is 1. The van der Waals surface area contributed by atoms with E-state index in [9.17, 15) is 8.42 Å². The highest BCUT2D eigenvalue weighted by molar-refractivity contribution is 7.89. The molecule has 1 fully saturated rings. The second-order valence-electron chi connectivity index (χ2n) is 5.42. The Morgan fingerprint density at radius 3 is 2.55 bits per heavy atom. The zero-order chi connectivity index (χ0) is 14.8.